The molecule has 1 aromatic carbocycles. The number of pyridine rings is 4. The lowest BCUT2D eigenvalue weighted by Crippen LogP contribution is -2.39. The largest absolute Gasteiger partial charge is 0.351 e. The number of hydrogen-bond donors (Lipinski definition) is 3. The van der Waals surface area contributed by atoms with E-state index in [1.54, 1.807) is 24.8 Å². The summed E-state index contributed by atoms with van der Waals surface area (Å²) in [6, 6.07) is 23.3. The van der Waals surface area contributed by atoms with Gasteiger partial charge in [0.1, 0.15) is 0 Å². The molecule has 0 bridgehead atoms. The average molecular weight is 813 g/mol. The number of rotatable bonds is 23. The quantitative estimate of drug-likeness (QED) is 0.0813. The summed E-state index contributed by atoms with van der Waals surface area (Å²) in [7, 11) is 3.90. The van der Waals surface area contributed by atoms with Crippen LogP contribution in [0.5, 0.6) is 0 Å². The number of aromatic nitrogens is 4. The van der Waals surface area contributed by atoms with Gasteiger partial charge in [-0.3, -0.25) is 44.1 Å². The van der Waals surface area contributed by atoms with E-state index < -0.39 is 0 Å². The van der Waals surface area contributed by atoms with E-state index in [1.807, 2.05) is 113 Å². The highest BCUT2D eigenvalue weighted by Gasteiger charge is 2.31. The second-order valence-corrected chi connectivity index (χ2v) is 14.9. The lowest BCUT2D eigenvalue weighted by molar-refractivity contribution is 0.0944. The van der Waals surface area contributed by atoms with Gasteiger partial charge in [0.15, 0.2) is 0 Å². The first-order valence-electron chi connectivity index (χ1n) is 21.0. The number of hydrogen-bond acceptors (Lipinski definition) is 10. The maximum absolute atomic E-state index is 14.6. The molecule has 0 saturated carbocycles. The van der Waals surface area contributed by atoms with E-state index in [9.17, 15) is 14.4 Å². The number of carbonyl (C=O) groups excluding carboxylic acids is 3. The van der Waals surface area contributed by atoms with E-state index in [-0.39, 0.29) is 17.7 Å². The molecule has 13 heteroatoms. The van der Waals surface area contributed by atoms with E-state index in [0.29, 0.717) is 118 Å². The third-order valence-electron chi connectivity index (χ3n) is 10.3. The zero-order valence-electron chi connectivity index (χ0n) is 35.8. The summed E-state index contributed by atoms with van der Waals surface area (Å²) in [6.07, 6.45) is 8.39. The molecule has 316 valence electrons. The lowest BCUT2D eigenvalue weighted by atomic mass is 9.82. The van der Waals surface area contributed by atoms with Gasteiger partial charge in [0.25, 0.3) is 17.7 Å². The zero-order valence-corrected chi connectivity index (χ0v) is 35.8. The Labute approximate surface area is 355 Å². The number of carbonyl (C=O) groups is 3. The van der Waals surface area contributed by atoms with Gasteiger partial charge in [-0.25, -0.2) is 0 Å². The molecule has 60 heavy (non-hydrogen) atoms. The highest BCUT2D eigenvalue weighted by molar-refractivity contribution is 6.10. The molecular formula is C47H60N10O3. The first-order chi connectivity index (χ1) is 29.2. The molecule has 13 nitrogen and oxygen atoms in total. The smallest absolute Gasteiger partial charge is 0.251 e. The Morgan fingerprint density at radius 3 is 0.967 bits per heavy atom. The molecular weight excluding hydrogens is 753 g/mol. The minimum Gasteiger partial charge on any atom is -0.351 e. The van der Waals surface area contributed by atoms with E-state index >= 15 is 0 Å². The lowest BCUT2D eigenvalue weighted by Gasteiger charge is -2.26. The van der Waals surface area contributed by atoms with Crippen LogP contribution >= 0.6 is 0 Å². The molecule has 0 radical (unpaired) electrons. The first-order valence-corrected chi connectivity index (χ1v) is 21.0. The monoisotopic (exact) mass is 812 g/mol. The Balaban J connectivity index is 1.43. The molecule has 5 aromatic rings. The summed E-state index contributed by atoms with van der Waals surface area (Å²) < 4.78 is 0. The zero-order chi connectivity index (χ0) is 42.7. The van der Waals surface area contributed by atoms with Gasteiger partial charge in [-0.2, -0.15) is 0 Å². The summed E-state index contributed by atoms with van der Waals surface area (Å²) >= 11 is 0. The van der Waals surface area contributed by atoms with Crippen molar-refractivity contribution in [2.75, 3.05) is 53.4 Å². The van der Waals surface area contributed by atoms with Gasteiger partial charge in [-0.05, 0) is 98.6 Å². The van der Waals surface area contributed by atoms with Gasteiger partial charge < -0.3 is 20.9 Å². The molecule has 0 aliphatic carbocycles. The van der Waals surface area contributed by atoms with Crippen LogP contribution in [-0.2, 0) is 45.4 Å². The van der Waals surface area contributed by atoms with E-state index in [2.05, 4.69) is 45.7 Å². The molecule has 3 N–H and O–H groups in total. The van der Waals surface area contributed by atoms with Crippen LogP contribution in [0.1, 0.15) is 91.3 Å². The number of nitrogens with one attached hydrogen (secondary N) is 3. The Morgan fingerprint density at radius 2 is 0.733 bits per heavy atom. The molecule has 0 unspecified atom stereocenters. The SMILES string of the molecule is CCc1c(C(=O)NCCN(C)C)c(CC)c(C(=O)NCCN(Cc2ccccn2)Cc2ccccn2)c(CC)c1C(=O)NCCN(Cc1ccccn1)Cc1ccccn1. The third kappa shape index (κ3) is 13.1. The van der Waals surface area contributed by atoms with Crippen molar-refractivity contribution in [3.8, 4) is 0 Å². The van der Waals surface area contributed by atoms with Crippen LogP contribution < -0.4 is 16.0 Å². The highest BCUT2D eigenvalue weighted by atomic mass is 16.2. The topological polar surface area (TPSA) is 149 Å². The fraction of sp³-hybridized carbons (Fsp3) is 0.383. The standard InChI is InChI=1S/C47H60N10O3/c1-6-39-42(45(58)52-25-28-55(4)5)40(7-2)44(47(60)54-27-30-57(33-37-19-11-15-23-50-37)34-38-20-12-16-24-51-38)41(8-3)43(39)46(59)53-26-29-56(31-35-17-9-13-21-48-35)32-36-18-10-14-22-49-36/h9-24H,6-8,25-34H2,1-5H3,(H,52,58)(H,53,59)(H,54,60). The molecule has 0 aliphatic rings. The number of amides is 3. The van der Waals surface area contributed by atoms with Gasteiger partial charge in [0.05, 0.1) is 22.8 Å². The molecule has 4 heterocycles. The highest BCUT2D eigenvalue weighted by Crippen LogP contribution is 2.31. The van der Waals surface area contributed by atoms with Crippen molar-refractivity contribution in [1.82, 2.24) is 50.6 Å². The van der Waals surface area contributed by atoms with Gasteiger partial charge >= 0.3 is 0 Å². The van der Waals surface area contributed by atoms with Crippen LogP contribution in [0, 0.1) is 0 Å². The Kier molecular flexibility index (Phi) is 17.8. The van der Waals surface area contributed by atoms with Crippen LogP contribution in [0.15, 0.2) is 97.6 Å². The summed E-state index contributed by atoms with van der Waals surface area (Å²) in [5.41, 5.74) is 6.78. The summed E-state index contributed by atoms with van der Waals surface area (Å²) in [4.78, 5) is 67.8. The van der Waals surface area contributed by atoms with Crippen molar-refractivity contribution in [2.24, 2.45) is 0 Å². The Hall–Kier alpha value is -5.89. The van der Waals surface area contributed by atoms with Crippen LogP contribution in [0.3, 0.4) is 0 Å². The summed E-state index contributed by atoms with van der Waals surface area (Å²) in [5, 5.41) is 9.42. The van der Waals surface area contributed by atoms with Gasteiger partial charge in [0, 0.05) is 107 Å². The average Bonchev–Trinajstić information content (AvgIpc) is 3.26. The van der Waals surface area contributed by atoms with Crippen molar-refractivity contribution in [3.05, 3.63) is 154 Å². The molecule has 4 aromatic heterocycles. The first kappa shape index (κ1) is 45.2. The number of likely N-dealkylation sites (N-methyl/N-ethyl adjacent to an activating group) is 1. The van der Waals surface area contributed by atoms with E-state index in [1.165, 1.54) is 0 Å². The fourth-order valence-corrected chi connectivity index (χ4v) is 7.43. The van der Waals surface area contributed by atoms with Crippen LogP contribution in [0.2, 0.25) is 0 Å². The maximum Gasteiger partial charge on any atom is 0.251 e. The van der Waals surface area contributed by atoms with Crippen LogP contribution in [0.4, 0.5) is 0 Å². The Bertz CT molecular complexity index is 1890. The third-order valence-corrected chi connectivity index (χ3v) is 10.3. The summed E-state index contributed by atoms with van der Waals surface area (Å²) in [5.74, 6) is -0.907. The molecule has 3 amide bonds. The fourth-order valence-electron chi connectivity index (χ4n) is 7.43. The van der Waals surface area contributed by atoms with Crippen LogP contribution in [0.25, 0.3) is 0 Å². The minimum atomic E-state index is -0.310. The van der Waals surface area contributed by atoms with Gasteiger partial charge in [0.2, 0.25) is 0 Å². The predicted octanol–water partition coefficient (Wildman–Crippen LogP) is 5.11. The molecule has 5 rings (SSSR count). The molecule has 0 saturated heterocycles. The van der Waals surface area contributed by atoms with E-state index in [0.717, 1.165) is 22.8 Å². The molecule has 0 fully saturated rings. The number of nitrogens with zero attached hydrogens (tertiary/aromatic N) is 7. The minimum absolute atomic E-state index is 0.287. The molecule has 0 spiro atoms. The molecule has 0 aliphatic heterocycles. The Morgan fingerprint density at radius 1 is 0.450 bits per heavy atom. The van der Waals surface area contributed by atoms with Crippen molar-refractivity contribution in [1.29, 1.82) is 0 Å². The normalized spacial score (nSPS) is 11.3. The van der Waals surface area contributed by atoms with Crippen molar-refractivity contribution >= 4 is 17.7 Å². The number of benzene rings is 1. The van der Waals surface area contributed by atoms with Gasteiger partial charge in [-0.15, -0.1) is 0 Å². The molecule has 0 atom stereocenters. The maximum atomic E-state index is 14.6. The second kappa shape index (κ2) is 23.6. The van der Waals surface area contributed by atoms with E-state index in [4.69, 9.17) is 0 Å². The predicted molar refractivity (Wildman–Crippen MR) is 235 cm³/mol. The summed E-state index contributed by atoms with van der Waals surface area (Å²) in [6.45, 7) is 10.9. The van der Waals surface area contributed by atoms with Gasteiger partial charge in [-0.1, -0.05) is 45.0 Å². The van der Waals surface area contributed by atoms with Crippen molar-refractivity contribution < 1.29 is 14.4 Å². The van der Waals surface area contributed by atoms with Crippen molar-refractivity contribution in [3.63, 3.8) is 0 Å². The second-order valence-electron chi connectivity index (χ2n) is 14.9. The van der Waals surface area contributed by atoms with Crippen LogP contribution in [-0.4, -0.2) is 106 Å². The van der Waals surface area contributed by atoms with Crippen molar-refractivity contribution in [2.45, 2.75) is 66.2 Å².